The van der Waals surface area contributed by atoms with Crippen molar-refractivity contribution in [2.75, 3.05) is 31.5 Å². The van der Waals surface area contributed by atoms with Crippen molar-refractivity contribution in [1.29, 1.82) is 0 Å². The summed E-state index contributed by atoms with van der Waals surface area (Å²) in [6.07, 6.45) is 0.687. The Morgan fingerprint density at radius 2 is 1.66 bits per heavy atom. The molecule has 0 radical (unpaired) electrons. The van der Waals surface area contributed by atoms with Crippen molar-refractivity contribution in [2.45, 2.75) is 30.1 Å². The molecular formula is C27H30N4S. The van der Waals surface area contributed by atoms with Crippen molar-refractivity contribution < 1.29 is 0 Å². The first-order chi connectivity index (χ1) is 15.7. The van der Waals surface area contributed by atoms with Gasteiger partial charge in [0.25, 0.3) is 0 Å². The third-order valence-corrected chi connectivity index (χ3v) is 6.53. The third kappa shape index (κ3) is 5.87. The summed E-state index contributed by atoms with van der Waals surface area (Å²) < 4.78 is 0. The Balaban J connectivity index is 1.60. The van der Waals surface area contributed by atoms with E-state index in [0.29, 0.717) is 6.42 Å². The molecule has 0 aliphatic carbocycles. The largest absolute Gasteiger partial charge is 0.342 e. The average molecular weight is 443 g/mol. The van der Waals surface area contributed by atoms with Crippen molar-refractivity contribution in [3.05, 3.63) is 84.4 Å². The second-order valence-corrected chi connectivity index (χ2v) is 8.82. The highest BCUT2D eigenvalue weighted by Crippen LogP contribution is 2.31. The van der Waals surface area contributed by atoms with Gasteiger partial charge in [-0.15, -0.1) is 0 Å². The van der Waals surface area contributed by atoms with Gasteiger partial charge in [-0.1, -0.05) is 68.1 Å². The Hall–Kier alpha value is -2.89. The van der Waals surface area contributed by atoms with Crippen LogP contribution >= 0.6 is 11.8 Å². The summed E-state index contributed by atoms with van der Waals surface area (Å²) in [6.45, 7) is 8.25. The second kappa shape index (κ2) is 11.1. The molecule has 32 heavy (non-hydrogen) atoms. The molecule has 0 unspecified atom stereocenters. The zero-order valence-corrected chi connectivity index (χ0v) is 19.6. The number of amidine groups is 1. The molecule has 0 saturated heterocycles. The van der Waals surface area contributed by atoms with E-state index in [0.717, 1.165) is 54.7 Å². The first kappa shape index (κ1) is 22.3. The van der Waals surface area contributed by atoms with E-state index in [2.05, 4.69) is 84.7 Å². The van der Waals surface area contributed by atoms with Gasteiger partial charge in [0.05, 0.1) is 23.6 Å². The molecule has 4 nitrogen and oxygen atoms in total. The molecule has 0 bridgehead atoms. The first-order valence-electron chi connectivity index (χ1n) is 11.3. The number of benzene rings is 3. The molecule has 0 atom stereocenters. The first-order valence-corrected chi connectivity index (χ1v) is 12.1. The van der Waals surface area contributed by atoms with E-state index in [-0.39, 0.29) is 0 Å². The summed E-state index contributed by atoms with van der Waals surface area (Å²) in [4.78, 5) is 14.8. The van der Waals surface area contributed by atoms with Crippen molar-refractivity contribution in [3.8, 4) is 0 Å². The molecule has 1 heterocycles. The fourth-order valence-electron chi connectivity index (χ4n) is 3.71. The average Bonchev–Trinajstić information content (AvgIpc) is 3.02. The van der Waals surface area contributed by atoms with Gasteiger partial charge in [0.15, 0.2) is 0 Å². The molecule has 3 aromatic rings. The number of fused-ring (bicyclic) bond motifs is 1. The van der Waals surface area contributed by atoms with Gasteiger partial charge in [0, 0.05) is 22.8 Å². The van der Waals surface area contributed by atoms with Crippen molar-refractivity contribution in [2.24, 2.45) is 9.98 Å². The van der Waals surface area contributed by atoms with Crippen LogP contribution in [0.3, 0.4) is 0 Å². The molecule has 4 rings (SSSR count). The minimum Gasteiger partial charge on any atom is -0.342 e. The smallest absolute Gasteiger partial charge is 0.107 e. The highest BCUT2D eigenvalue weighted by Gasteiger charge is 2.16. The Morgan fingerprint density at radius 1 is 0.906 bits per heavy atom. The molecule has 3 aromatic carbocycles. The number of aliphatic imine (C=N–C) groups is 2. The molecule has 1 aliphatic heterocycles. The highest BCUT2D eigenvalue weighted by molar-refractivity contribution is 7.99. The van der Waals surface area contributed by atoms with Crippen molar-refractivity contribution in [1.82, 2.24) is 4.90 Å². The number of hydrogen-bond acceptors (Lipinski definition) is 4. The summed E-state index contributed by atoms with van der Waals surface area (Å²) >= 11 is 1.77. The maximum atomic E-state index is 5.04. The van der Waals surface area contributed by atoms with E-state index in [9.17, 15) is 0 Å². The van der Waals surface area contributed by atoms with Crippen LogP contribution in [0.1, 0.15) is 25.8 Å². The summed E-state index contributed by atoms with van der Waals surface area (Å²) in [6, 6.07) is 27.3. The molecule has 164 valence electrons. The fourth-order valence-corrected chi connectivity index (χ4v) is 4.61. The number of para-hydroxylation sites is 2. The monoisotopic (exact) mass is 442 g/mol. The quantitative estimate of drug-likeness (QED) is 0.432. The molecule has 0 aromatic heterocycles. The van der Waals surface area contributed by atoms with Gasteiger partial charge in [-0.3, -0.25) is 9.98 Å². The number of hydrogen-bond donors (Lipinski definition) is 1. The summed E-state index contributed by atoms with van der Waals surface area (Å²) in [5.41, 5.74) is 4.15. The minimum atomic E-state index is 0.687. The maximum absolute atomic E-state index is 5.04. The molecular weight excluding hydrogens is 412 g/mol. The van der Waals surface area contributed by atoms with Gasteiger partial charge < -0.3 is 10.2 Å². The van der Waals surface area contributed by atoms with E-state index in [1.54, 1.807) is 11.8 Å². The predicted molar refractivity (Wildman–Crippen MR) is 138 cm³/mol. The van der Waals surface area contributed by atoms with Crippen LogP contribution in [0.25, 0.3) is 0 Å². The number of anilines is 1. The van der Waals surface area contributed by atoms with E-state index < -0.39 is 0 Å². The number of likely N-dealkylation sites (N-methyl/N-ethyl adjacent to an activating group) is 1. The van der Waals surface area contributed by atoms with Crippen LogP contribution in [0.2, 0.25) is 0 Å². The maximum Gasteiger partial charge on any atom is 0.107 e. The van der Waals surface area contributed by atoms with Crippen LogP contribution in [0.5, 0.6) is 0 Å². The van der Waals surface area contributed by atoms with Crippen LogP contribution in [0, 0.1) is 0 Å². The Bertz CT molecular complexity index is 1090. The molecule has 5 heteroatoms. The summed E-state index contributed by atoms with van der Waals surface area (Å²) in [7, 11) is 0. The Morgan fingerprint density at radius 3 is 2.47 bits per heavy atom. The number of nitrogens with zero attached hydrogens (tertiary/aromatic N) is 3. The summed E-state index contributed by atoms with van der Waals surface area (Å²) in [5.74, 6) is 0.974. The second-order valence-electron chi connectivity index (χ2n) is 7.68. The fraction of sp³-hybridized carbons (Fsp3) is 0.259. The van der Waals surface area contributed by atoms with Crippen LogP contribution in [0.4, 0.5) is 11.4 Å². The van der Waals surface area contributed by atoms with E-state index in [1.165, 1.54) is 9.79 Å². The SMILES string of the molecule is CCN(CC)CCN=C1CC(c2cccc(Sc3ccccc3)c2)=Nc2ccccc2N1. The molecule has 0 saturated carbocycles. The highest BCUT2D eigenvalue weighted by atomic mass is 32.2. The normalized spacial score (nSPS) is 14.6. The van der Waals surface area contributed by atoms with E-state index >= 15 is 0 Å². The van der Waals surface area contributed by atoms with Crippen LogP contribution < -0.4 is 5.32 Å². The lowest BCUT2D eigenvalue weighted by molar-refractivity contribution is 0.313. The van der Waals surface area contributed by atoms with Gasteiger partial charge in [-0.25, -0.2) is 0 Å². The van der Waals surface area contributed by atoms with Gasteiger partial charge in [0.1, 0.15) is 5.84 Å². The van der Waals surface area contributed by atoms with E-state index in [1.807, 2.05) is 18.2 Å². The topological polar surface area (TPSA) is 40.0 Å². The molecule has 1 N–H and O–H groups in total. The van der Waals surface area contributed by atoms with Gasteiger partial charge in [-0.05, 0) is 55.1 Å². The number of rotatable bonds is 8. The molecule has 0 spiro atoms. The Labute approximate surface area is 195 Å². The van der Waals surface area contributed by atoms with Crippen molar-refractivity contribution >= 4 is 34.7 Å². The van der Waals surface area contributed by atoms with Crippen molar-refractivity contribution in [3.63, 3.8) is 0 Å². The lowest BCUT2D eigenvalue weighted by Gasteiger charge is -2.17. The lowest BCUT2D eigenvalue weighted by atomic mass is 10.1. The van der Waals surface area contributed by atoms with Gasteiger partial charge >= 0.3 is 0 Å². The van der Waals surface area contributed by atoms with E-state index in [4.69, 9.17) is 9.98 Å². The predicted octanol–water partition coefficient (Wildman–Crippen LogP) is 6.51. The zero-order valence-electron chi connectivity index (χ0n) is 18.8. The summed E-state index contributed by atoms with van der Waals surface area (Å²) in [5, 5.41) is 3.54. The third-order valence-electron chi connectivity index (χ3n) is 5.53. The zero-order chi connectivity index (χ0) is 22.2. The van der Waals surface area contributed by atoms with Gasteiger partial charge in [0.2, 0.25) is 0 Å². The van der Waals surface area contributed by atoms with Crippen LogP contribution in [0.15, 0.2) is 98.6 Å². The molecule has 1 aliphatic rings. The molecule has 0 amide bonds. The van der Waals surface area contributed by atoms with Gasteiger partial charge in [-0.2, -0.15) is 0 Å². The molecule has 0 fully saturated rings. The van der Waals surface area contributed by atoms with Crippen LogP contribution in [-0.4, -0.2) is 42.6 Å². The standard InChI is InChI=1S/C27H30N4S/c1-3-31(4-2)18-17-28-27-20-26(29-24-15-8-9-16-25(24)30-27)21-11-10-14-23(19-21)32-22-12-6-5-7-13-22/h5-16,19H,3-4,17-18,20H2,1-2H3,(H,28,30). The Kier molecular flexibility index (Phi) is 7.75. The minimum absolute atomic E-state index is 0.687. The lowest BCUT2D eigenvalue weighted by Crippen LogP contribution is -2.26. The van der Waals surface area contributed by atoms with Crippen LogP contribution in [-0.2, 0) is 0 Å². The number of nitrogens with one attached hydrogen (secondary N) is 1.